The number of aromatic nitrogens is 1. The molecule has 1 saturated heterocycles. The molecule has 1 fully saturated rings. The van der Waals surface area contributed by atoms with Gasteiger partial charge in [0.2, 0.25) is 11.8 Å². The first-order valence-electron chi connectivity index (χ1n) is 12.5. The molecule has 0 unspecified atom stereocenters. The number of piperidine rings is 1. The van der Waals surface area contributed by atoms with Crippen molar-refractivity contribution >= 4 is 41.0 Å². The lowest BCUT2D eigenvalue weighted by Gasteiger charge is -2.43. The fourth-order valence-electron chi connectivity index (χ4n) is 5.25. The lowest BCUT2D eigenvalue weighted by atomic mass is 9.71. The van der Waals surface area contributed by atoms with Crippen molar-refractivity contribution in [1.82, 2.24) is 14.8 Å². The van der Waals surface area contributed by atoms with Crippen LogP contribution >= 0.6 is 11.3 Å². The number of pyridine rings is 1. The fraction of sp³-hybridized carbons (Fsp3) is 0.407. The van der Waals surface area contributed by atoms with Gasteiger partial charge in [0.15, 0.2) is 0 Å². The third-order valence-corrected chi connectivity index (χ3v) is 8.37. The molecule has 200 valence electrons. The molecule has 0 saturated carbocycles. The van der Waals surface area contributed by atoms with Crippen molar-refractivity contribution in [3.05, 3.63) is 63.5 Å². The standard InChI is InChI=1S/C27H27F3N4O3S/c28-27(29,30)25(37)34-11-7-26(8-12-34)16-20-14-19(17-31-23(20)32-24(26)36)3-4-22(35)33-9-5-18(6-10-33)15-21-2-1-13-38-21/h1-5,13-14,17H,6-12,15-16H2,(H,31,32,36). The van der Waals surface area contributed by atoms with Crippen LogP contribution in [0, 0.1) is 5.41 Å². The van der Waals surface area contributed by atoms with E-state index in [2.05, 4.69) is 27.8 Å². The Morgan fingerprint density at radius 2 is 1.97 bits per heavy atom. The molecule has 38 heavy (non-hydrogen) atoms. The molecular weight excluding hydrogens is 517 g/mol. The predicted octanol–water partition coefficient (Wildman–Crippen LogP) is 4.22. The quantitative estimate of drug-likeness (QED) is 0.462. The van der Waals surface area contributed by atoms with Gasteiger partial charge in [-0.15, -0.1) is 11.3 Å². The minimum Gasteiger partial charge on any atom is -0.335 e. The number of thiophene rings is 1. The molecule has 1 N–H and O–H groups in total. The van der Waals surface area contributed by atoms with Gasteiger partial charge in [0.05, 0.1) is 5.41 Å². The molecule has 3 aliphatic heterocycles. The second kappa shape index (κ2) is 10.4. The maximum Gasteiger partial charge on any atom is 0.471 e. The first-order valence-corrected chi connectivity index (χ1v) is 13.3. The van der Waals surface area contributed by atoms with Crippen LogP contribution in [0.4, 0.5) is 19.0 Å². The van der Waals surface area contributed by atoms with Gasteiger partial charge in [-0.25, -0.2) is 4.98 Å². The maximum absolute atomic E-state index is 12.8. The molecule has 3 amide bonds. The van der Waals surface area contributed by atoms with Gasteiger partial charge in [-0.05, 0) is 60.4 Å². The van der Waals surface area contributed by atoms with E-state index in [1.165, 1.54) is 16.5 Å². The highest BCUT2D eigenvalue weighted by Crippen LogP contribution is 2.41. The minimum atomic E-state index is -4.93. The largest absolute Gasteiger partial charge is 0.471 e. The molecule has 0 radical (unpaired) electrons. The Hall–Kier alpha value is -3.47. The number of likely N-dealkylation sites (tertiary alicyclic amines) is 1. The number of halogens is 3. The first-order chi connectivity index (χ1) is 18.1. The highest BCUT2D eigenvalue weighted by molar-refractivity contribution is 7.09. The molecule has 0 atom stereocenters. The van der Waals surface area contributed by atoms with Crippen molar-refractivity contribution in [2.75, 3.05) is 31.5 Å². The fourth-order valence-corrected chi connectivity index (χ4v) is 6.01. The van der Waals surface area contributed by atoms with Gasteiger partial charge in [-0.3, -0.25) is 14.4 Å². The Kier molecular flexibility index (Phi) is 7.13. The number of hydrogen-bond donors (Lipinski definition) is 1. The van der Waals surface area contributed by atoms with E-state index in [1.807, 2.05) is 12.1 Å². The van der Waals surface area contributed by atoms with Crippen molar-refractivity contribution in [1.29, 1.82) is 0 Å². The monoisotopic (exact) mass is 544 g/mol. The van der Waals surface area contributed by atoms with E-state index in [0.717, 1.165) is 23.3 Å². The summed E-state index contributed by atoms with van der Waals surface area (Å²) in [6.45, 7) is 0.948. The third-order valence-electron chi connectivity index (χ3n) is 7.50. The Labute approximate surface area is 222 Å². The predicted molar refractivity (Wildman–Crippen MR) is 137 cm³/mol. The number of nitrogens with zero attached hydrogens (tertiary/aromatic N) is 3. The molecule has 0 aliphatic carbocycles. The van der Waals surface area contributed by atoms with Crippen LogP contribution < -0.4 is 5.32 Å². The zero-order valence-corrected chi connectivity index (χ0v) is 21.4. The average Bonchev–Trinajstić information content (AvgIpc) is 3.41. The summed E-state index contributed by atoms with van der Waals surface area (Å²) >= 11 is 1.73. The summed E-state index contributed by atoms with van der Waals surface area (Å²) in [5.74, 6) is -1.84. The molecule has 5 rings (SSSR count). The molecule has 3 aliphatic rings. The van der Waals surface area contributed by atoms with E-state index < -0.39 is 17.5 Å². The van der Waals surface area contributed by atoms with Crippen LogP contribution in [0.3, 0.4) is 0 Å². The van der Waals surface area contributed by atoms with Crippen molar-refractivity contribution in [3.63, 3.8) is 0 Å². The van der Waals surface area contributed by atoms with Crippen LogP contribution in [-0.2, 0) is 27.2 Å². The smallest absolute Gasteiger partial charge is 0.335 e. The number of alkyl halides is 3. The van der Waals surface area contributed by atoms with Crippen LogP contribution in [0.5, 0.6) is 0 Å². The van der Waals surface area contributed by atoms with Crippen molar-refractivity contribution in [2.24, 2.45) is 5.41 Å². The summed E-state index contributed by atoms with van der Waals surface area (Å²) in [6, 6.07) is 6.00. The number of rotatable bonds is 4. The zero-order chi connectivity index (χ0) is 26.9. The number of amides is 3. The van der Waals surface area contributed by atoms with Gasteiger partial charge in [-0.2, -0.15) is 13.2 Å². The van der Waals surface area contributed by atoms with Gasteiger partial charge in [0.1, 0.15) is 5.82 Å². The normalized spacial score (nSPS) is 19.3. The van der Waals surface area contributed by atoms with Gasteiger partial charge < -0.3 is 15.1 Å². The maximum atomic E-state index is 12.8. The number of anilines is 1. The van der Waals surface area contributed by atoms with Crippen LogP contribution in [0.25, 0.3) is 6.08 Å². The number of carbonyl (C=O) groups excluding carboxylic acids is 3. The average molecular weight is 545 g/mol. The number of fused-ring (bicyclic) bond motifs is 1. The summed E-state index contributed by atoms with van der Waals surface area (Å²) < 4.78 is 38.4. The Bertz CT molecular complexity index is 1300. The summed E-state index contributed by atoms with van der Waals surface area (Å²) in [5.41, 5.74) is 1.90. The molecule has 1 spiro atoms. The van der Waals surface area contributed by atoms with Crippen LogP contribution in [0.2, 0.25) is 0 Å². The lowest BCUT2D eigenvalue weighted by Crippen LogP contribution is -2.53. The molecule has 11 heteroatoms. The summed E-state index contributed by atoms with van der Waals surface area (Å²) in [5, 5.41) is 4.84. The molecule has 0 aromatic carbocycles. The Balaban J connectivity index is 1.21. The summed E-state index contributed by atoms with van der Waals surface area (Å²) in [4.78, 5) is 45.4. The number of nitrogens with one attached hydrogen (secondary N) is 1. The van der Waals surface area contributed by atoms with E-state index in [0.29, 0.717) is 30.9 Å². The van der Waals surface area contributed by atoms with E-state index in [4.69, 9.17) is 0 Å². The molecule has 5 heterocycles. The Morgan fingerprint density at radius 1 is 1.18 bits per heavy atom. The highest BCUT2D eigenvalue weighted by Gasteiger charge is 2.49. The Morgan fingerprint density at radius 3 is 2.63 bits per heavy atom. The molecular formula is C27H27F3N4O3S. The number of hydrogen-bond acceptors (Lipinski definition) is 5. The SMILES string of the molecule is O=C(C=Cc1cnc2c(c1)CC1(CCN(C(=O)C(F)(F)F)CC1)C(=O)N2)N1CC=C(Cc2cccs2)CC1. The second-order valence-corrected chi connectivity index (χ2v) is 11.0. The van der Waals surface area contributed by atoms with Gasteiger partial charge in [0, 0.05) is 49.7 Å². The first kappa shape index (κ1) is 26.1. The molecule has 2 aromatic heterocycles. The van der Waals surface area contributed by atoms with E-state index >= 15 is 0 Å². The summed E-state index contributed by atoms with van der Waals surface area (Å²) in [7, 11) is 0. The van der Waals surface area contributed by atoms with E-state index in [-0.39, 0.29) is 37.7 Å². The minimum absolute atomic E-state index is 0.0966. The van der Waals surface area contributed by atoms with E-state index in [9.17, 15) is 27.6 Å². The molecule has 2 aromatic rings. The van der Waals surface area contributed by atoms with Crippen molar-refractivity contribution in [3.8, 4) is 0 Å². The van der Waals surface area contributed by atoms with Crippen LogP contribution in [-0.4, -0.2) is 64.9 Å². The van der Waals surface area contributed by atoms with Crippen molar-refractivity contribution in [2.45, 2.75) is 38.3 Å². The topological polar surface area (TPSA) is 82.6 Å². The van der Waals surface area contributed by atoms with Gasteiger partial charge >= 0.3 is 12.1 Å². The summed E-state index contributed by atoms with van der Waals surface area (Å²) in [6.07, 6.45) is 4.31. The van der Waals surface area contributed by atoms with Crippen molar-refractivity contribution < 1.29 is 27.6 Å². The van der Waals surface area contributed by atoms with E-state index in [1.54, 1.807) is 28.5 Å². The molecule has 7 nitrogen and oxygen atoms in total. The lowest BCUT2D eigenvalue weighted by molar-refractivity contribution is -0.187. The van der Waals surface area contributed by atoms with Crippen LogP contribution in [0.15, 0.2) is 47.5 Å². The third kappa shape index (κ3) is 5.52. The number of carbonyl (C=O) groups is 3. The van der Waals surface area contributed by atoms with Gasteiger partial charge in [-0.1, -0.05) is 17.7 Å². The van der Waals surface area contributed by atoms with Gasteiger partial charge in [0.25, 0.3) is 0 Å². The highest BCUT2D eigenvalue weighted by atomic mass is 32.1. The zero-order valence-electron chi connectivity index (χ0n) is 20.6. The molecule has 0 bridgehead atoms. The van der Waals surface area contributed by atoms with Crippen LogP contribution in [0.1, 0.15) is 35.3 Å². The second-order valence-electron chi connectivity index (χ2n) is 9.96.